The zero-order valence-corrected chi connectivity index (χ0v) is 12.6. The van der Waals surface area contributed by atoms with Crippen molar-refractivity contribution in [3.05, 3.63) is 54.6 Å². The first-order valence-electron chi connectivity index (χ1n) is 5.55. The fourth-order valence-corrected chi connectivity index (χ4v) is 3.84. The first-order chi connectivity index (χ1) is 8.65. The van der Waals surface area contributed by atoms with Crippen molar-refractivity contribution in [2.75, 3.05) is 0 Å². The van der Waals surface area contributed by atoms with Gasteiger partial charge in [-0.3, -0.25) is 0 Å². The summed E-state index contributed by atoms with van der Waals surface area (Å²) in [6.45, 7) is 1.39. The number of ether oxygens (including phenoxy) is 1. The zero-order chi connectivity index (χ0) is 12.7. The monoisotopic (exact) mass is 343 g/mol. The molecule has 0 radical (unpaired) electrons. The van der Waals surface area contributed by atoms with Crippen molar-refractivity contribution >= 4 is 38.9 Å². The SMILES string of the molecule is NC(c1ccc2c(c1)COC2)c1cc(Cl)c(Br)s1. The van der Waals surface area contributed by atoms with Crippen molar-refractivity contribution in [2.45, 2.75) is 19.3 Å². The van der Waals surface area contributed by atoms with Crippen molar-refractivity contribution in [3.8, 4) is 0 Å². The van der Waals surface area contributed by atoms with E-state index in [4.69, 9.17) is 22.1 Å². The second kappa shape index (κ2) is 4.94. The fourth-order valence-electron chi connectivity index (χ4n) is 2.07. The number of thiophene rings is 1. The van der Waals surface area contributed by atoms with Crippen LogP contribution in [0.4, 0.5) is 0 Å². The first kappa shape index (κ1) is 12.6. The Balaban J connectivity index is 1.94. The minimum absolute atomic E-state index is 0.135. The molecule has 0 spiro atoms. The second-order valence-corrected chi connectivity index (χ2v) is 7.08. The molecule has 0 fully saturated rings. The van der Waals surface area contributed by atoms with Crippen LogP contribution < -0.4 is 5.73 Å². The number of fused-ring (bicyclic) bond motifs is 1. The molecule has 0 bridgehead atoms. The first-order valence-corrected chi connectivity index (χ1v) is 7.53. The lowest BCUT2D eigenvalue weighted by Crippen LogP contribution is -2.10. The van der Waals surface area contributed by atoms with Crippen LogP contribution in [0, 0.1) is 0 Å². The summed E-state index contributed by atoms with van der Waals surface area (Å²) in [5.41, 5.74) is 9.89. The van der Waals surface area contributed by atoms with Crippen molar-refractivity contribution in [2.24, 2.45) is 5.73 Å². The van der Waals surface area contributed by atoms with E-state index < -0.39 is 0 Å². The third-order valence-corrected chi connectivity index (χ3v) is 5.63. The Kier molecular flexibility index (Phi) is 3.47. The van der Waals surface area contributed by atoms with Crippen LogP contribution >= 0.6 is 38.9 Å². The van der Waals surface area contributed by atoms with E-state index in [1.54, 1.807) is 11.3 Å². The highest BCUT2D eigenvalue weighted by atomic mass is 79.9. The highest BCUT2D eigenvalue weighted by Crippen LogP contribution is 2.37. The molecule has 0 saturated carbocycles. The van der Waals surface area contributed by atoms with Gasteiger partial charge < -0.3 is 10.5 Å². The fraction of sp³-hybridized carbons (Fsp3) is 0.231. The molecule has 1 aliphatic heterocycles. The van der Waals surface area contributed by atoms with Crippen LogP contribution in [-0.2, 0) is 18.0 Å². The maximum absolute atomic E-state index is 6.28. The Morgan fingerprint density at radius 2 is 2.06 bits per heavy atom. The van der Waals surface area contributed by atoms with Crippen LogP contribution in [0.3, 0.4) is 0 Å². The maximum atomic E-state index is 6.28. The van der Waals surface area contributed by atoms with Crippen LogP contribution in [0.25, 0.3) is 0 Å². The number of benzene rings is 1. The predicted molar refractivity (Wildman–Crippen MR) is 78.0 cm³/mol. The van der Waals surface area contributed by atoms with Gasteiger partial charge in [-0.25, -0.2) is 0 Å². The zero-order valence-electron chi connectivity index (χ0n) is 9.45. The van der Waals surface area contributed by atoms with Gasteiger partial charge in [0.2, 0.25) is 0 Å². The summed E-state index contributed by atoms with van der Waals surface area (Å²) in [6.07, 6.45) is 0. The van der Waals surface area contributed by atoms with Gasteiger partial charge in [-0.1, -0.05) is 29.8 Å². The second-order valence-electron chi connectivity index (χ2n) is 4.27. The topological polar surface area (TPSA) is 35.2 Å². The quantitative estimate of drug-likeness (QED) is 0.884. The van der Waals surface area contributed by atoms with E-state index >= 15 is 0 Å². The van der Waals surface area contributed by atoms with Crippen molar-refractivity contribution in [3.63, 3.8) is 0 Å². The van der Waals surface area contributed by atoms with E-state index in [0.717, 1.165) is 19.2 Å². The van der Waals surface area contributed by atoms with Gasteiger partial charge in [0, 0.05) is 4.88 Å². The Labute approximate surface area is 123 Å². The van der Waals surface area contributed by atoms with Crippen LogP contribution in [0.1, 0.15) is 27.6 Å². The molecule has 0 amide bonds. The number of nitrogens with two attached hydrogens (primary N) is 1. The molecule has 18 heavy (non-hydrogen) atoms. The van der Waals surface area contributed by atoms with Crippen LogP contribution in [0.5, 0.6) is 0 Å². The Morgan fingerprint density at radius 1 is 1.28 bits per heavy atom. The lowest BCUT2D eigenvalue weighted by atomic mass is 10.0. The summed E-state index contributed by atoms with van der Waals surface area (Å²) in [7, 11) is 0. The average Bonchev–Trinajstić information content (AvgIpc) is 2.95. The molecule has 3 rings (SSSR count). The normalized spacial score (nSPS) is 15.7. The molecule has 1 atom stereocenters. The van der Waals surface area contributed by atoms with E-state index in [1.807, 2.05) is 6.07 Å². The van der Waals surface area contributed by atoms with Gasteiger partial charge >= 0.3 is 0 Å². The standard InChI is InChI=1S/C13H11BrClNOS/c14-13-10(15)4-11(18-13)12(16)7-1-2-8-5-17-6-9(8)3-7/h1-4,12H,5-6,16H2. The number of halogens is 2. The van der Waals surface area contributed by atoms with Gasteiger partial charge in [-0.05, 0) is 38.7 Å². The highest BCUT2D eigenvalue weighted by molar-refractivity contribution is 9.11. The Bertz CT molecular complexity index is 579. The van der Waals surface area contributed by atoms with E-state index in [0.29, 0.717) is 13.2 Å². The third kappa shape index (κ3) is 2.24. The van der Waals surface area contributed by atoms with Gasteiger partial charge in [-0.15, -0.1) is 11.3 Å². The predicted octanol–water partition coefficient (Wildman–Crippen LogP) is 4.24. The summed E-state index contributed by atoms with van der Waals surface area (Å²) in [4.78, 5) is 1.06. The number of rotatable bonds is 2. The summed E-state index contributed by atoms with van der Waals surface area (Å²) in [6, 6.07) is 8.09. The molecule has 1 aliphatic rings. The maximum Gasteiger partial charge on any atom is 0.0888 e. The molecule has 94 valence electrons. The van der Waals surface area contributed by atoms with E-state index in [2.05, 4.69) is 34.1 Å². The van der Waals surface area contributed by atoms with Gasteiger partial charge in [0.05, 0.1) is 28.1 Å². The van der Waals surface area contributed by atoms with E-state index in [9.17, 15) is 0 Å². The average molecular weight is 345 g/mol. The minimum Gasteiger partial charge on any atom is -0.372 e. The summed E-state index contributed by atoms with van der Waals surface area (Å²) < 4.78 is 6.34. The number of hydrogen-bond acceptors (Lipinski definition) is 3. The summed E-state index contributed by atoms with van der Waals surface area (Å²) >= 11 is 11.0. The van der Waals surface area contributed by atoms with Gasteiger partial charge in [0.15, 0.2) is 0 Å². The summed E-state index contributed by atoms with van der Waals surface area (Å²) in [5, 5.41) is 0.718. The third-order valence-electron chi connectivity index (χ3n) is 3.08. The van der Waals surface area contributed by atoms with Crippen LogP contribution in [-0.4, -0.2) is 0 Å². The summed E-state index contributed by atoms with van der Waals surface area (Å²) in [5.74, 6) is 0. The van der Waals surface area contributed by atoms with Crippen LogP contribution in [0.15, 0.2) is 28.1 Å². The molecule has 0 saturated heterocycles. The molecule has 0 aliphatic carbocycles. The lowest BCUT2D eigenvalue weighted by Gasteiger charge is -2.11. The van der Waals surface area contributed by atoms with E-state index in [1.165, 1.54) is 11.1 Å². The van der Waals surface area contributed by atoms with Gasteiger partial charge in [-0.2, -0.15) is 0 Å². The highest BCUT2D eigenvalue weighted by Gasteiger charge is 2.17. The lowest BCUT2D eigenvalue weighted by molar-refractivity contribution is 0.134. The minimum atomic E-state index is -0.135. The number of hydrogen-bond donors (Lipinski definition) is 1. The molecule has 1 unspecified atom stereocenters. The van der Waals surface area contributed by atoms with E-state index in [-0.39, 0.29) is 6.04 Å². The largest absolute Gasteiger partial charge is 0.372 e. The Hall–Kier alpha value is -0.390. The molecule has 2 aromatic rings. The smallest absolute Gasteiger partial charge is 0.0888 e. The molecular formula is C13H11BrClNOS. The molecule has 2 nitrogen and oxygen atoms in total. The Morgan fingerprint density at radius 3 is 2.78 bits per heavy atom. The molecule has 5 heteroatoms. The molecule has 1 aromatic heterocycles. The van der Waals surface area contributed by atoms with Crippen LogP contribution in [0.2, 0.25) is 5.02 Å². The van der Waals surface area contributed by atoms with Crippen molar-refractivity contribution < 1.29 is 4.74 Å². The molecule has 2 N–H and O–H groups in total. The molecule has 1 aromatic carbocycles. The molecular weight excluding hydrogens is 334 g/mol. The van der Waals surface area contributed by atoms with Crippen molar-refractivity contribution in [1.82, 2.24) is 0 Å². The van der Waals surface area contributed by atoms with Gasteiger partial charge in [0.1, 0.15) is 0 Å². The molecule has 2 heterocycles. The van der Waals surface area contributed by atoms with Crippen molar-refractivity contribution in [1.29, 1.82) is 0 Å². The van der Waals surface area contributed by atoms with Gasteiger partial charge in [0.25, 0.3) is 0 Å².